The number of halogens is 2. The minimum Gasteiger partial charge on any atom is -0.380 e. The van der Waals surface area contributed by atoms with Crippen LogP contribution in [0.4, 0.5) is 0 Å². The van der Waals surface area contributed by atoms with Crippen molar-refractivity contribution in [3.05, 3.63) is 23.1 Å². The molecule has 0 aliphatic carbocycles. The number of unbranched alkanes of at least 4 members (excludes halogenated alkanes) is 1. The second-order valence-corrected chi connectivity index (χ2v) is 4.98. The van der Waals surface area contributed by atoms with Gasteiger partial charge < -0.3 is 9.30 Å². The number of fused-ring (bicyclic) bond motifs is 1. The second-order valence-electron chi connectivity index (χ2n) is 4.28. The van der Waals surface area contributed by atoms with E-state index in [0.717, 1.165) is 36.4 Å². The smallest absolute Gasteiger partial charge is 0.160 e. The summed E-state index contributed by atoms with van der Waals surface area (Å²) in [7, 11) is 0. The summed E-state index contributed by atoms with van der Waals surface area (Å²) in [5.74, 6) is 1.15. The van der Waals surface area contributed by atoms with E-state index in [-0.39, 0.29) is 0 Å². The molecular formula is C13H17Cl2N3O. The van der Waals surface area contributed by atoms with Crippen molar-refractivity contribution in [2.75, 3.05) is 13.2 Å². The zero-order valence-corrected chi connectivity index (χ0v) is 12.4. The number of ether oxygens (including phenoxy) is 1. The first-order valence-corrected chi connectivity index (χ1v) is 7.32. The van der Waals surface area contributed by atoms with Gasteiger partial charge in [-0.15, -0.1) is 11.6 Å². The lowest BCUT2D eigenvalue weighted by molar-refractivity contribution is 0.123. The molecule has 0 N–H and O–H groups in total. The Labute approximate surface area is 122 Å². The van der Waals surface area contributed by atoms with E-state index in [1.165, 1.54) is 0 Å². The first-order chi connectivity index (χ1) is 9.26. The molecular weight excluding hydrogens is 285 g/mol. The molecule has 0 aliphatic heterocycles. The summed E-state index contributed by atoms with van der Waals surface area (Å²) in [6, 6.07) is 1.80. The first-order valence-electron chi connectivity index (χ1n) is 6.40. The number of hydrogen-bond donors (Lipinski definition) is 0. The van der Waals surface area contributed by atoms with Crippen LogP contribution in [0, 0.1) is 0 Å². The predicted octanol–water partition coefficient (Wildman–Crippen LogP) is 3.64. The highest BCUT2D eigenvalue weighted by Gasteiger charge is 2.11. The average Bonchev–Trinajstić information content (AvgIpc) is 2.75. The van der Waals surface area contributed by atoms with Gasteiger partial charge >= 0.3 is 0 Å². The lowest BCUT2D eigenvalue weighted by Crippen LogP contribution is -2.09. The van der Waals surface area contributed by atoms with Crippen molar-refractivity contribution in [1.82, 2.24) is 14.5 Å². The minimum atomic E-state index is 0.350. The molecule has 2 aromatic heterocycles. The number of rotatable bonds is 7. The molecule has 19 heavy (non-hydrogen) atoms. The Hall–Kier alpha value is -0.840. The van der Waals surface area contributed by atoms with Gasteiger partial charge in [-0.1, -0.05) is 24.9 Å². The topological polar surface area (TPSA) is 39.9 Å². The molecule has 0 fully saturated rings. The van der Waals surface area contributed by atoms with Gasteiger partial charge in [0.05, 0.1) is 17.5 Å². The Balaban J connectivity index is 2.11. The van der Waals surface area contributed by atoms with Gasteiger partial charge in [0.2, 0.25) is 0 Å². The van der Waals surface area contributed by atoms with Crippen molar-refractivity contribution in [1.29, 1.82) is 0 Å². The summed E-state index contributed by atoms with van der Waals surface area (Å²) < 4.78 is 7.56. The lowest BCUT2D eigenvalue weighted by atomic mass is 10.4. The number of hydrogen-bond acceptors (Lipinski definition) is 3. The van der Waals surface area contributed by atoms with Crippen LogP contribution in [0.2, 0.25) is 5.02 Å². The fraction of sp³-hybridized carbons (Fsp3) is 0.538. The molecule has 0 radical (unpaired) electrons. The summed E-state index contributed by atoms with van der Waals surface area (Å²) >= 11 is 11.8. The van der Waals surface area contributed by atoms with E-state index in [4.69, 9.17) is 27.9 Å². The molecule has 2 rings (SSSR count). The third-order valence-electron chi connectivity index (χ3n) is 2.85. The standard InChI is InChI=1S/C13H17Cl2N3O/c1-2-3-5-19-6-4-18-12(8-14)17-11-7-10(15)9-16-13(11)18/h7,9H,2-6,8H2,1H3. The molecule has 104 valence electrons. The summed E-state index contributed by atoms with van der Waals surface area (Å²) in [6.45, 7) is 4.28. The number of imidazole rings is 1. The molecule has 0 aliphatic rings. The fourth-order valence-electron chi connectivity index (χ4n) is 1.87. The first kappa shape index (κ1) is 14.6. The van der Waals surface area contributed by atoms with Gasteiger partial charge in [0.15, 0.2) is 5.65 Å². The van der Waals surface area contributed by atoms with Crippen LogP contribution in [0.15, 0.2) is 12.3 Å². The van der Waals surface area contributed by atoms with E-state index in [1.54, 1.807) is 12.3 Å². The van der Waals surface area contributed by atoms with Gasteiger partial charge in [-0.05, 0) is 12.5 Å². The molecule has 0 unspecified atom stereocenters. The molecule has 0 aromatic carbocycles. The summed E-state index contributed by atoms with van der Waals surface area (Å²) in [4.78, 5) is 8.75. The Morgan fingerprint density at radius 3 is 2.95 bits per heavy atom. The number of aromatic nitrogens is 3. The minimum absolute atomic E-state index is 0.350. The fourth-order valence-corrected chi connectivity index (χ4v) is 2.23. The van der Waals surface area contributed by atoms with E-state index in [1.807, 2.05) is 4.57 Å². The lowest BCUT2D eigenvalue weighted by Gasteiger charge is -2.07. The van der Waals surface area contributed by atoms with E-state index < -0.39 is 0 Å². The Bertz CT molecular complexity index is 542. The third-order valence-corrected chi connectivity index (χ3v) is 3.30. The van der Waals surface area contributed by atoms with Crippen LogP contribution in [-0.2, 0) is 17.2 Å². The predicted molar refractivity (Wildman–Crippen MR) is 77.8 cm³/mol. The van der Waals surface area contributed by atoms with E-state index in [2.05, 4.69) is 16.9 Å². The highest BCUT2D eigenvalue weighted by molar-refractivity contribution is 6.31. The van der Waals surface area contributed by atoms with Crippen molar-refractivity contribution in [3.8, 4) is 0 Å². The second kappa shape index (κ2) is 7.08. The van der Waals surface area contributed by atoms with Crippen LogP contribution >= 0.6 is 23.2 Å². The van der Waals surface area contributed by atoms with Crippen LogP contribution < -0.4 is 0 Å². The largest absolute Gasteiger partial charge is 0.380 e. The summed E-state index contributed by atoms with van der Waals surface area (Å²) in [5.41, 5.74) is 1.58. The Morgan fingerprint density at radius 1 is 1.37 bits per heavy atom. The van der Waals surface area contributed by atoms with Crippen molar-refractivity contribution in [2.24, 2.45) is 0 Å². The van der Waals surface area contributed by atoms with Gasteiger partial charge in [0.25, 0.3) is 0 Å². The Morgan fingerprint density at radius 2 is 2.21 bits per heavy atom. The van der Waals surface area contributed by atoms with Crippen LogP contribution in [0.25, 0.3) is 11.2 Å². The highest BCUT2D eigenvalue weighted by Crippen LogP contribution is 2.19. The van der Waals surface area contributed by atoms with Crippen molar-refractivity contribution in [2.45, 2.75) is 32.2 Å². The molecule has 2 heterocycles. The summed E-state index contributed by atoms with van der Waals surface area (Å²) in [6.07, 6.45) is 3.85. The van der Waals surface area contributed by atoms with Crippen molar-refractivity contribution >= 4 is 34.4 Å². The van der Waals surface area contributed by atoms with Gasteiger partial charge in [-0.2, -0.15) is 0 Å². The van der Waals surface area contributed by atoms with Gasteiger partial charge in [-0.25, -0.2) is 9.97 Å². The zero-order valence-electron chi connectivity index (χ0n) is 10.9. The average molecular weight is 302 g/mol. The number of alkyl halides is 1. The van der Waals surface area contributed by atoms with Crippen LogP contribution in [0.1, 0.15) is 25.6 Å². The van der Waals surface area contributed by atoms with E-state index >= 15 is 0 Å². The van der Waals surface area contributed by atoms with E-state index in [9.17, 15) is 0 Å². The maximum atomic E-state index is 5.92. The van der Waals surface area contributed by atoms with Gasteiger partial charge in [-0.3, -0.25) is 0 Å². The molecule has 0 atom stereocenters. The maximum Gasteiger partial charge on any atom is 0.160 e. The molecule has 4 nitrogen and oxygen atoms in total. The zero-order chi connectivity index (χ0) is 13.7. The SMILES string of the molecule is CCCCOCCn1c(CCl)nc2cc(Cl)cnc21. The molecule has 0 saturated heterocycles. The number of nitrogens with zero attached hydrogens (tertiary/aromatic N) is 3. The molecule has 0 saturated carbocycles. The molecule has 0 amide bonds. The number of pyridine rings is 1. The van der Waals surface area contributed by atoms with Crippen molar-refractivity contribution in [3.63, 3.8) is 0 Å². The van der Waals surface area contributed by atoms with Crippen LogP contribution in [0.3, 0.4) is 0 Å². The molecule has 6 heteroatoms. The quantitative estimate of drug-likeness (QED) is 0.579. The third kappa shape index (κ3) is 3.59. The molecule has 0 spiro atoms. The maximum absolute atomic E-state index is 5.92. The normalized spacial score (nSPS) is 11.3. The van der Waals surface area contributed by atoms with Crippen LogP contribution in [-0.4, -0.2) is 27.7 Å². The highest BCUT2D eigenvalue weighted by atomic mass is 35.5. The summed E-state index contributed by atoms with van der Waals surface area (Å²) in [5, 5.41) is 0.581. The molecule has 2 aromatic rings. The van der Waals surface area contributed by atoms with Crippen LogP contribution in [0.5, 0.6) is 0 Å². The van der Waals surface area contributed by atoms with Crippen molar-refractivity contribution < 1.29 is 4.74 Å². The molecule has 0 bridgehead atoms. The Kier molecular flexibility index (Phi) is 5.43. The monoisotopic (exact) mass is 301 g/mol. The van der Waals surface area contributed by atoms with Gasteiger partial charge in [0, 0.05) is 19.3 Å². The van der Waals surface area contributed by atoms with E-state index in [0.29, 0.717) is 24.1 Å². The van der Waals surface area contributed by atoms with Gasteiger partial charge in [0.1, 0.15) is 11.3 Å².